The van der Waals surface area contributed by atoms with Crippen LogP contribution in [-0.4, -0.2) is 27.6 Å². The van der Waals surface area contributed by atoms with Gasteiger partial charge in [-0.15, -0.1) is 0 Å². The number of aromatic carboxylic acids is 1. The summed E-state index contributed by atoms with van der Waals surface area (Å²) in [5.74, 6) is -1.18. The normalized spacial score (nSPS) is 15.1. The van der Waals surface area contributed by atoms with Gasteiger partial charge in [0.25, 0.3) is 0 Å². The van der Waals surface area contributed by atoms with Gasteiger partial charge >= 0.3 is 5.97 Å². The van der Waals surface area contributed by atoms with Crippen molar-refractivity contribution in [2.24, 2.45) is 0 Å². The maximum Gasteiger partial charge on any atom is 0.373 e. The lowest BCUT2D eigenvalue weighted by Crippen LogP contribution is -2.25. The number of rotatable bonds is 1. The summed E-state index contributed by atoms with van der Waals surface area (Å²) in [4.78, 5) is 18.2. The summed E-state index contributed by atoms with van der Waals surface area (Å²) in [7, 11) is 0. The van der Waals surface area contributed by atoms with E-state index in [0.717, 1.165) is 30.8 Å². The maximum absolute atomic E-state index is 10.5. The highest BCUT2D eigenvalue weighted by Crippen LogP contribution is 2.09. The second-order valence-corrected chi connectivity index (χ2v) is 2.90. The molecule has 0 saturated carbocycles. The fourth-order valence-corrected chi connectivity index (χ4v) is 1.34. The van der Waals surface area contributed by atoms with Crippen molar-refractivity contribution in [3.05, 3.63) is 23.3 Å². The largest absolute Gasteiger partial charge is 0.475 e. The number of carboxylic acid groups (broad SMARTS) is 1. The van der Waals surface area contributed by atoms with E-state index in [4.69, 9.17) is 5.11 Å². The Hall–Kier alpha value is -1.49. The van der Waals surface area contributed by atoms with Gasteiger partial charge < -0.3 is 10.4 Å². The zero-order valence-electron chi connectivity index (χ0n) is 6.95. The molecule has 0 amide bonds. The fourth-order valence-electron chi connectivity index (χ4n) is 1.34. The first kappa shape index (κ1) is 8.12. The number of nitrogens with one attached hydrogen (secondary N) is 1. The van der Waals surface area contributed by atoms with E-state index in [0.29, 0.717) is 0 Å². The lowest BCUT2D eigenvalue weighted by atomic mass is 10.1. The Kier molecular flexibility index (Phi) is 1.94. The monoisotopic (exact) mass is 179 g/mol. The van der Waals surface area contributed by atoms with Crippen molar-refractivity contribution in [3.63, 3.8) is 0 Å². The number of carboxylic acids is 1. The van der Waals surface area contributed by atoms with Crippen LogP contribution in [0.5, 0.6) is 0 Å². The van der Waals surface area contributed by atoms with Gasteiger partial charge in [0.2, 0.25) is 5.82 Å². The average Bonchev–Trinajstić information content (AvgIpc) is 2.17. The van der Waals surface area contributed by atoms with Crippen LogP contribution >= 0.6 is 0 Å². The predicted molar refractivity (Wildman–Crippen MR) is 44.4 cm³/mol. The molecule has 0 aromatic carbocycles. The van der Waals surface area contributed by atoms with Crippen LogP contribution in [0.15, 0.2) is 6.20 Å². The Bertz CT molecular complexity index is 351. The van der Waals surface area contributed by atoms with Crippen LogP contribution in [0.25, 0.3) is 0 Å². The highest BCUT2D eigenvalue weighted by atomic mass is 16.4. The number of hydrogen-bond donors (Lipinski definition) is 2. The Labute approximate surface area is 74.8 Å². The standard InChI is InChI=1S/C8H9N3O2/c12-8(13)7-10-4-5-3-9-2-1-6(5)11-7/h4,9H,1-3H2,(H,12,13). The molecule has 0 unspecified atom stereocenters. The summed E-state index contributed by atoms with van der Waals surface area (Å²) < 4.78 is 0. The highest BCUT2D eigenvalue weighted by Gasteiger charge is 2.14. The zero-order valence-corrected chi connectivity index (χ0v) is 6.95. The lowest BCUT2D eigenvalue weighted by molar-refractivity contribution is 0.0683. The summed E-state index contributed by atoms with van der Waals surface area (Å²) in [6.45, 7) is 1.58. The van der Waals surface area contributed by atoms with E-state index in [1.165, 1.54) is 0 Å². The number of carbonyl (C=O) groups is 1. The first-order chi connectivity index (χ1) is 6.27. The Morgan fingerprint density at radius 3 is 3.23 bits per heavy atom. The summed E-state index contributed by atoms with van der Waals surface area (Å²) in [5.41, 5.74) is 1.85. The van der Waals surface area contributed by atoms with E-state index in [9.17, 15) is 4.79 Å². The summed E-state index contributed by atoms with van der Waals surface area (Å²) in [6, 6.07) is 0. The molecule has 1 aromatic rings. The van der Waals surface area contributed by atoms with E-state index in [2.05, 4.69) is 15.3 Å². The third-order valence-corrected chi connectivity index (χ3v) is 2.00. The van der Waals surface area contributed by atoms with E-state index >= 15 is 0 Å². The Balaban J connectivity index is 2.40. The van der Waals surface area contributed by atoms with Crippen LogP contribution < -0.4 is 5.32 Å². The van der Waals surface area contributed by atoms with Crippen LogP contribution in [-0.2, 0) is 13.0 Å². The van der Waals surface area contributed by atoms with E-state index in [-0.39, 0.29) is 5.82 Å². The SMILES string of the molecule is O=C(O)c1ncc2c(n1)CCNC2. The minimum absolute atomic E-state index is 0.111. The van der Waals surface area contributed by atoms with E-state index < -0.39 is 5.97 Å². The predicted octanol–water partition coefficient (Wildman–Crippen LogP) is -0.180. The molecule has 1 aliphatic rings. The van der Waals surface area contributed by atoms with Gasteiger partial charge in [0.05, 0.1) is 5.69 Å². The molecule has 1 aliphatic heterocycles. The van der Waals surface area contributed by atoms with Gasteiger partial charge in [-0.05, 0) is 0 Å². The highest BCUT2D eigenvalue weighted by molar-refractivity contribution is 5.83. The number of fused-ring (bicyclic) bond motifs is 1. The maximum atomic E-state index is 10.5. The van der Waals surface area contributed by atoms with Crippen molar-refractivity contribution in [3.8, 4) is 0 Å². The summed E-state index contributed by atoms with van der Waals surface area (Å²) in [6.07, 6.45) is 2.36. The van der Waals surface area contributed by atoms with Crippen molar-refractivity contribution in [1.82, 2.24) is 15.3 Å². The molecule has 5 nitrogen and oxygen atoms in total. The molecular weight excluding hydrogens is 170 g/mol. The second kappa shape index (κ2) is 3.10. The minimum Gasteiger partial charge on any atom is -0.475 e. The van der Waals surface area contributed by atoms with E-state index in [1.54, 1.807) is 6.20 Å². The smallest absolute Gasteiger partial charge is 0.373 e. The van der Waals surface area contributed by atoms with Gasteiger partial charge in [-0.2, -0.15) is 0 Å². The zero-order chi connectivity index (χ0) is 9.26. The average molecular weight is 179 g/mol. The first-order valence-electron chi connectivity index (χ1n) is 4.06. The molecule has 2 rings (SSSR count). The van der Waals surface area contributed by atoms with Crippen LogP contribution in [0, 0.1) is 0 Å². The van der Waals surface area contributed by atoms with Crippen LogP contribution in [0.1, 0.15) is 21.9 Å². The first-order valence-corrected chi connectivity index (χ1v) is 4.06. The number of nitrogens with zero attached hydrogens (tertiary/aromatic N) is 2. The molecule has 0 atom stereocenters. The molecule has 0 fully saturated rings. The van der Waals surface area contributed by atoms with Crippen molar-refractivity contribution in [2.45, 2.75) is 13.0 Å². The molecule has 68 valence electrons. The molecule has 0 saturated heterocycles. The molecule has 1 aromatic heterocycles. The van der Waals surface area contributed by atoms with Crippen LogP contribution in [0.3, 0.4) is 0 Å². The summed E-state index contributed by atoms with van der Waals surface area (Å²) >= 11 is 0. The van der Waals surface area contributed by atoms with Gasteiger partial charge in [0.1, 0.15) is 0 Å². The van der Waals surface area contributed by atoms with Crippen molar-refractivity contribution < 1.29 is 9.90 Å². The second-order valence-electron chi connectivity index (χ2n) is 2.90. The molecule has 0 bridgehead atoms. The Morgan fingerprint density at radius 1 is 1.62 bits per heavy atom. The third kappa shape index (κ3) is 1.50. The summed E-state index contributed by atoms with van der Waals surface area (Å²) in [5, 5.41) is 11.8. The fraction of sp³-hybridized carbons (Fsp3) is 0.375. The van der Waals surface area contributed by atoms with Crippen LogP contribution in [0.2, 0.25) is 0 Å². The molecule has 0 aliphatic carbocycles. The van der Waals surface area contributed by atoms with Crippen LogP contribution in [0.4, 0.5) is 0 Å². The van der Waals surface area contributed by atoms with Gasteiger partial charge in [0.15, 0.2) is 0 Å². The Morgan fingerprint density at radius 2 is 2.46 bits per heavy atom. The third-order valence-electron chi connectivity index (χ3n) is 2.00. The van der Waals surface area contributed by atoms with Gasteiger partial charge in [-0.25, -0.2) is 14.8 Å². The van der Waals surface area contributed by atoms with Crippen molar-refractivity contribution >= 4 is 5.97 Å². The number of aromatic nitrogens is 2. The molecular formula is C8H9N3O2. The van der Waals surface area contributed by atoms with Gasteiger partial charge in [-0.3, -0.25) is 0 Å². The van der Waals surface area contributed by atoms with Gasteiger partial charge in [-0.1, -0.05) is 0 Å². The van der Waals surface area contributed by atoms with Gasteiger partial charge in [0, 0.05) is 31.3 Å². The minimum atomic E-state index is -1.07. The molecule has 0 spiro atoms. The molecule has 2 N–H and O–H groups in total. The lowest BCUT2D eigenvalue weighted by Gasteiger charge is -2.14. The van der Waals surface area contributed by atoms with Crippen molar-refractivity contribution in [2.75, 3.05) is 6.54 Å². The van der Waals surface area contributed by atoms with E-state index in [1.807, 2.05) is 0 Å². The molecule has 13 heavy (non-hydrogen) atoms. The molecule has 0 radical (unpaired) electrons. The number of hydrogen-bond acceptors (Lipinski definition) is 4. The molecule has 5 heteroatoms. The molecule has 2 heterocycles. The quantitative estimate of drug-likeness (QED) is 0.625. The topological polar surface area (TPSA) is 75.1 Å². The van der Waals surface area contributed by atoms with Crippen molar-refractivity contribution in [1.29, 1.82) is 0 Å².